The molecule has 0 radical (unpaired) electrons. The minimum Gasteiger partial charge on any atom is -0.406 e. The summed E-state index contributed by atoms with van der Waals surface area (Å²) in [7, 11) is 0. The fourth-order valence-electron chi connectivity index (χ4n) is 3.37. The zero-order valence-electron chi connectivity index (χ0n) is 18.0. The van der Waals surface area contributed by atoms with Crippen molar-refractivity contribution in [3.63, 3.8) is 0 Å². The van der Waals surface area contributed by atoms with Gasteiger partial charge in [0.1, 0.15) is 35.6 Å². The molecule has 0 fully saturated rings. The van der Waals surface area contributed by atoms with E-state index in [9.17, 15) is 31.9 Å². The molecule has 0 bridgehead atoms. The molecular weight excluding hydrogens is 481 g/mol. The summed E-state index contributed by atoms with van der Waals surface area (Å²) in [6.07, 6.45) is -2.30. The zero-order valence-corrected chi connectivity index (χ0v) is 18.8. The Morgan fingerprint density at radius 2 is 1.82 bits per heavy atom. The molecular formula is C22H20F5N3O3S. The van der Waals surface area contributed by atoms with E-state index in [1.54, 1.807) is 13.8 Å². The van der Waals surface area contributed by atoms with Gasteiger partial charge in [-0.25, -0.2) is 18.4 Å². The highest BCUT2D eigenvalue weighted by molar-refractivity contribution is 8.01. The molecule has 3 aromatic rings. The first-order valence-corrected chi connectivity index (χ1v) is 10.9. The van der Waals surface area contributed by atoms with E-state index in [0.29, 0.717) is 6.07 Å². The van der Waals surface area contributed by atoms with Crippen LogP contribution in [0.3, 0.4) is 0 Å². The number of halogens is 5. The van der Waals surface area contributed by atoms with Crippen LogP contribution in [-0.2, 0) is 12.1 Å². The van der Waals surface area contributed by atoms with Gasteiger partial charge in [-0.1, -0.05) is 13.0 Å². The predicted molar refractivity (Wildman–Crippen MR) is 114 cm³/mol. The normalized spacial score (nSPS) is 15.4. The Morgan fingerprint density at radius 3 is 2.38 bits per heavy atom. The first-order valence-electron chi connectivity index (χ1n) is 9.95. The second-order valence-corrected chi connectivity index (χ2v) is 9.18. The van der Waals surface area contributed by atoms with Crippen molar-refractivity contribution in [3.8, 4) is 5.75 Å². The van der Waals surface area contributed by atoms with Crippen molar-refractivity contribution >= 4 is 17.5 Å². The van der Waals surface area contributed by atoms with Gasteiger partial charge >= 0.3 is 6.36 Å². The lowest BCUT2D eigenvalue weighted by Crippen LogP contribution is -2.42. The molecule has 182 valence electrons. The number of aromatic nitrogens is 3. The number of Topliss-reactive ketones (excluding diaryl/α,β-unsaturated/α-hetero) is 1. The lowest BCUT2D eigenvalue weighted by Gasteiger charge is -2.35. The maximum Gasteiger partial charge on any atom is 0.573 e. The number of carbonyl (C=O) groups excluding carboxylic acids is 1. The smallest absolute Gasteiger partial charge is 0.406 e. The van der Waals surface area contributed by atoms with Crippen LogP contribution in [0.1, 0.15) is 29.8 Å². The summed E-state index contributed by atoms with van der Waals surface area (Å²) in [6.45, 7) is 2.91. The molecule has 0 amide bonds. The van der Waals surface area contributed by atoms with Gasteiger partial charge in [0.15, 0.2) is 5.78 Å². The van der Waals surface area contributed by atoms with Crippen LogP contribution in [0.15, 0.2) is 55.1 Å². The van der Waals surface area contributed by atoms with Crippen molar-refractivity contribution < 1.29 is 36.6 Å². The van der Waals surface area contributed by atoms with Gasteiger partial charge in [-0.3, -0.25) is 4.79 Å². The molecule has 6 nitrogen and oxygen atoms in total. The van der Waals surface area contributed by atoms with Crippen LogP contribution in [-0.4, -0.2) is 42.5 Å². The molecule has 3 atom stereocenters. The van der Waals surface area contributed by atoms with E-state index >= 15 is 0 Å². The fraction of sp³-hybridized carbons (Fsp3) is 0.318. The number of thioether (sulfide) groups is 1. The molecule has 34 heavy (non-hydrogen) atoms. The molecule has 0 spiro atoms. The van der Waals surface area contributed by atoms with Crippen LogP contribution in [0.2, 0.25) is 0 Å². The summed E-state index contributed by atoms with van der Waals surface area (Å²) in [6, 6.07) is 7.25. The summed E-state index contributed by atoms with van der Waals surface area (Å²) < 4.78 is 70.2. The maximum absolute atomic E-state index is 14.6. The van der Waals surface area contributed by atoms with Crippen molar-refractivity contribution in [2.75, 3.05) is 0 Å². The Labute approximate surface area is 195 Å². The first kappa shape index (κ1) is 25.6. The highest BCUT2D eigenvalue weighted by Gasteiger charge is 2.41. The lowest BCUT2D eigenvalue weighted by atomic mass is 9.90. The van der Waals surface area contributed by atoms with E-state index in [1.807, 2.05) is 0 Å². The number of aliphatic hydroxyl groups is 1. The third kappa shape index (κ3) is 6.11. The number of hydrogen-bond acceptors (Lipinski definition) is 6. The van der Waals surface area contributed by atoms with Gasteiger partial charge in [0.2, 0.25) is 0 Å². The van der Waals surface area contributed by atoms with Crippen molar-refractivity contribution in [2.45, 2.75) is 42.9 Å². The Kier molecular flexibility index (Phi) is 7.61. The number of ketones is 1. The number of alkyl halides is 3. The Hall–Kier alpha value is -2.99. The molecule has 2 aromatic carbocycles. The van der Waals surface area contributed by atoms with E-state index in [-0.39, 0.29) is 17.7 Å². The minimum atomic E-state index is -4.85. The van der Waals surface area contributed by atoms with Crippen LogP contribution in [0.5, 0.6) is 5.75 Å². The third-order valence-electron chi connectivity index (χ3n) is 5.09. The van der Waals surface area contributed by atoms with Crippen molar-refractivity contribution in [1.29, 1.82) is 0 Å². The quantitative estimate of drug-likeness (QED) is 0.337. The average molecular weight is 501 g/mol. The number of benzene rings is 2. The zero-order chi connectivity index (χ0) is 25.1. The van der Waals surface area contributed by atoms with E-state index in [4.69, 9.17) is 0 Å². The molecule has 0 saturated carbocycles. The van der Waals surface area contributed by atoms with Crippen LogP contribution >= 0.6 is 11.8 Å². The topological polar surface area (TPSA) is 77.2 Å². The van der Waals surface area contributed by atoms with Crippen LogP contribution in [0, 0.1) is 11.6 Å². The molecule has 1 aromatic heterocycles. The largest absolute Gasteiger partial charge is 0.573 e. The molecule has 0 aliphatic rings. The Morgan fingerprint density at radius 1 is 1.15 bits per heavy atom. The van der Waals surface area contributed by atoms with E-state index in [0.717, 1.165) is 36.0 Å². The molecule has 12 heteroatoms. The lowest BCUT2D eigenvalue weighted by molar-refractivity contribution is -0.274. The second-order valence-electron chi connectivity index (χ2n) is 7.50. The SMILES string of the molecule is CC(S[C@H](C)[C@](O)(Cn1cncn1)c1ccc(F)cc1F)C(=O)c1ccc(OC(F)(F)F)cc1. The number of ether oxygens (including phenoxy) is 1. The first-order chi connectivity index (χ1) is 15.9. The number of nitrogens with zero attached hydrogens (tertiary/aromatic N) is 3. The van der Waals surface area contributed by atoms with Crippen molar-refractivity contribution in [3.05, 3.63) is 77.9 Å². The van der Waals surface area contributed by atoms with E-state index in [2.05, 4.69) is 14.8 Å². The summed E-state index contributed by atoms with van der Waals surface area (Å²) in [5.41, 5.74) is -1.96. The molecule has 1 heterocycles. The van der Waals surface area contributed by atoms with Gasteiger partial charge in [-0.05, 0) is 37.3 Å². The van der Waals surface area contributed by atoms with Gasteiger partial charge < -0.3 is 9.84 Å². The van der Waals surface area contributed by atoms with Gasteiger partial charge in [0.05, 0.1) is 11.8 Å². The van der Waals surface area contributed by atoms with E-state index < -0.39 is 45.6 Å². The highest BCUT2D eigenvalue weighted by atomic mass is 32.2. The van der Waals surface area contributed by atoms with Gasteiger partial charge in [0, 0.05) is 22.4 Å². The fourth-order valence-corrected chi connectivity index (χ4v) is 4.67. The van der Waals surface area contributed by atoms with E-state index in [1.165, 1.54) is 29.5 Å². The van der Waals surface area contributed by atoms with Gasteiger partial charge in [0.25, 0.3) is 0 Å². The molecule has 1 N–H and O–H groups in total. The van der Waals surface area contributed by atoms with Crippen LogP contribution in [0.25, 0.3) is 0 Å². The molecule has 0 saturated heterocycles. The Bertz CT molecular complexity index is 1130. The Balaban J connectivity index is 1.81. The standard InChI is InChI=1S/C22H20F5N3O3S/c1-13(20(31)15-3-6-17(7-4-15)33-22(25,26)27)34-14(2)21(32,10-30-12-28-11-29-30)18-8-5-16(23)9-19(18)24/h3-9,11-14,32H,10H2,1-2H3/t13?,14-,21-/m1/s1. The highest BCUT2D eigenvalue weighted by Crippen LogP contribution is 2.38. The summed E-state index contributed by atoms with van der Waals surface area (Å²) in [5.74, 6) is -2.66. The molecule has 1 unspecified atom stereocenters. The average Bonchev–Trinajstić information content (AvgIpc) is 3.25. The van der Waals surface area contributed by atoms with Crippen molar-refractivity contribution in [2.24, 2.45) is 0 Å². The van der Waals surface area contributed by atoms with Gasteiger partial charge in [-0.15, -0.1) is 24.9 Å². The van der Waals surface area contributed by atoms with Crippen LogP contribution in [0.4, 0.5) is 22.0 Å². The monoisotopic (exact) mass is 501 g/mol. The van der Waals surface area contributed by atoms with Crippen LogP contribution < -0.4 is 4.74 Å². The molecule has 0 aliphatic carbocycles. The van der Waals surface area contributed by atoms with Crippen molar-refractivity contribution in [1.82, 2.24) is 14.8 Å². The summed E-state index contributed by atoms with van der Waals surface area (Å²) >= 11 is 1.02. The number of rotatable bonds is 9. The minimum absolute atomic E-state index is 0.134. The predicted octanol–water partition coefficient (Wildman–Crippen LogP) is 4.74. The molecule has 3 rings (SSSR count). The third-order valence-corrected chi connectivity index (χ3v) is 6.51. The summed E-state index contributed by atoms with van der Waals surface area (Å²) in [5, 5.41) is 13.9. The number of hydrogen-bond donors (Lipinski definition) is 1. The second kappa shape index (κ2) is 10.1. The summed E-state index contributed by atoms with van der Waals surface area (Å²) in [4.78, 5) is 16.7. The maximum atomic E-state index is 14.6. The van der Waals surface area contributed by atoms with Gasteiger partial charge in [-0.2, -0.15) is 5.10 Å². The number of carbonyl (C=O) groups is 1. The molecule has 0 aliphatic heterocycles.